The molecule has 0 bridgehead atoms. The Labute approximate surface area is 196 Å². The number of rotatable bonds is 7. The molecule has 0 aliphatic heterocycles. The number of para-hydroxylation sites is 1. The molecule has 1 N–H and O–H groups in total. The average Bonchev–Trinajstić information content (AvgIpc) is 3.52. The van der Waals surface area contributed by atoms with Gasteiger partial charge >= 0.3 is 6.03 Å². The molecule has 6 nitrogen and oxygen atoms in total. The van der Waals surface area contributed by atoms with Gasteiger partial charge in [-0.05, 0) is 83.2 Å². The molecule has 0 unspecified atom stereocenters. The van der Waals surface area contributed by atoms with Crippen molar-refractivity contribution in [1.29, 1.82) is 0 Å². The second kappa shape index (κ2) is 9.30. The van der Waals surface area contributed by atoms with Gasteiger partial charge in [0.25, 0.3) is 0 Å². The van der Waals surface area contributed by atoms with E-state index in [-0.39, 0.29) is 11.6 Å². The molecule has 0 spiro atoms. The number of ether oxygens (including phenoxy) is 1. The molecular weight excluding hydrogens is 412 g/mol. The Morgan fingerprint density at radius 3 is 2.48 bits per heavy atom. The van der Waals surface area contributed by atoms with Gasteiger partial charge in [0.1, 0.15) is 5.75 Å². The molecule has 3 aromatic rings. The monoisotopic (exact) mass is 446 g/mol. The van der Waals surface area contributed by atoms with E-state index in [9.17, 15) is 4.79 Å². The molecule has 2 aromatic carbocycles. The van der Waals surface area contributed by atoms with Crippen LogP contribution in [0.15, 0.2) is 54.6 Å². The Morgan fingerprint density at radius 1 is 1.12 bits per heavy atom. The van der Waals surface area contributed by atoms with Gasteiger partial charge in [-0.2, -0.15) is 5.10 Å². The fraction of sp³-hybridized carbons (Fsp3) is 0.407. The van der Waals surface area contributed by atoms with Gasteiger partial charge < -0.3 is 15.0 Å². The zero-order chi connectivity index (χ0) is 23.6. The van der Waals surface area contributed by atoms with Gasteiger partial charge in [0, 0.05) is 12.1 Å². The van der Waals surface area contributed by atoms with Crippen molar-refractivity contribution in [3.05, 3.63) is 71.4 Å². The van der Waals surface area contributed by atoms with Crippen LogP contribution in [0.5, 0.6) is 11.6 Å². The van der Waals surface area contributed by atoms with E-state index >= 15 is 0 Å². The van der Waals surface area contributed by atoms with Gasteiger partial charge in [0.15, 0.2) is 0 Å². The van der Waals surface area contributed by atoms with Crippen LogP contribution in [0.4, 0.5) is 4.79 Å². The van der Waals surface area contributed by atoms with Gasteiger partial charge in [0.05, 0.1) is 23.5 Å². The number of nitrogens with one attached hydrogen (secondary N) is 1. The van der Waals surface area contributed by atoms with Crippen molar-refractivity contribution in [1.82, 2.24) is 20.0 Å². The summed E-state index contributed by atoms with van der Waals surface area (Å²) in [5.74, 6) is 1.97. The van der Waals surface area contributed by atoms with Crippen molar-refractivity contribution < 1.29 is 9.53 Å². The van der Waals surface area contributed by atoms with Crippen LogP contribution in [0.1, 0.15) is 50.4 Å². The Bertz CT molecular complexity index is 1110. The molecule has 1 fully saturated rings. The molecule has 0 saturated heterocycles. The molecule has 2 amide bonds. The molecule has 1 aliphatic rings. The Balaban J connectivity index is 1.72. The molecule has 0 atom stereocenters. The minimum absolute atomic E-state index is 0.0530. The van der Waals surface area contributed by atoms with E-state index in [1.54, 1.807) is 0 Å². The molecule has 4 rings (SSSR count). The van der Waals surface area contributed by atoms with E-state index in [0.717, 1.165) is 34.8 Å². The van der Waals surface area contributed by atoms with E-state index < -0.39 is 0 Å². The summed E-state index contributed by atoms with van der Waals surface area (Å²) in [5.41, 5.74) is 3.51. The summed E-state index contributed by atoms with van der Waals surface area (Å²) in [7, 11) is 0. The van der Waals surface area contributed by atoms with Crippen LogP contribution in [0.3, 0.4) is 0 Å². The third-order valence-corrected chi connectivity index (χ3v) is 5.64. The van der Waals surface area contributed by atoms with Crippen LogP contribution in [0, 0.1) is 19.8 Å². The SMILES string of the molecule is Cc1cccc(Oc2c(CN(CC3CC3)C(=O)NC(C)(C)C)c(C)nn2-c2ccccc2)c1. The lowest BCUT2D eigenvalue weighted by molar-refractivity contribution is 0.183. The van der Waals surface area contributed by atoms with E-state index in [1.807, 2.05) is 98.8 Å². The fourth-order valence-electron chi connectivity index (χ4n) is 3.78. The summed E-state index contributed by atoms with van der Waals surface area (Å²) < 4.78 is 8.28. The number of nitrogens with zero attached hydrogens (tertiary/aromatic N) is 3. The number of carbonyl (C=O) groups excluding carboxylic acids is 1. The predicted octanol–water partition coefficient (Wildman–Crippen LogP) is 6.00. The van der Waals surface area contributed by atoms with Crippen molar-refractivity contribution in [2.45, 2.75) is 59.5 Å². The summed E-state index contributed by atoms with van der Waals surface area (Å²) in [6.07, 6.45) is 2.35. The first kappa shape index (κ1) is 22.9. The van der Waals surface area contributed by atoms with Gasteiger partial charge in [-0.3, -0.25) is 0 Å². The third kappa shape index (κ3) is 5.95. The normalized spacial score (nSPS) is 13.6. The number of aryl methyl sites for hydroxylation is 2. The number of benzene rings is 2. The highest BCUT2D eigenvalue weighted by Gasteiger charge is 2.30. The number of hydrogen-bond acceptors (Lipinski definition) is 3. The largest absolute Gasteiger partial charge is 0.439 e. The summed E-state index contributed by atoms with van der Waals surface area (Å²) in [6, 6.07) is 17.9. The number of amides is 2. The van der Waals surface area contributed by atoms with Crippen molar-refractivity contribution in [2.24, 2.45) is 5.92 Å². The highest BCUT2D eigenvalue weighted by atomic mass is 16.5. The molecule has 0 radical (unpaired) electrons. The maximum Gasteiger partial charge on any atom is 0.318 e. The lowest BCUT2D eigenvalue weighted by Gasteiger charge is -2.28. The van der Waals surface area contributed by atoms with E-state index in [1.165, 1.54) is 12.8 Å². The first-order valence-electron chi connectivity index (χ1n) is 11.6. The minimum Gasteiger partial charge on any atom is -0.439 e. The van der Waals surface area contributed by atoms with E-state index in [4.69, 9.17) is 9.84 Å². The number of hydrogen-bond donors (Lipinski definition) is 1. The molecule has 6 heteroatoms. The second-order valence-electron chi connectivity index (χ2n) is 10.0. The van der Waals surface area contributed by atoms with Crippen LogP contribution >= 0.6 is 0 Å². The Hall–Kier alpha value is -3.28. The third-order valence-electron chi connectivity index (χ3n) is 5.64. The van der Waals surface area contributed by atoms with Crippen molar-refractivity contribution in [3.8, 4) is 17.3 Å². The first-order valence-corrected chi connectivity index (χ1v) is 11.6. The van der Waals surface area contributed by atoms with E-state index in [2.05, 4.69) is 5.32 Å². The van der Waals surface area contributed by atoms with E-state index in [0.29, 0.717) is 18.3 Å². The topological polar surface area (TPSA) is 59.4 Å². The van der Waals surface area contributed by atoms with Crippen LogP contribution < -0.4 is 10.1 Å². The lowest BCUT2D eigenvalue weighted by atomic mass is 10.1. The quantitative estimate of drug-likeness (QED) is 0.484. The molecular formula is C27H34N4O2. The highest BCUT2D eigenvalue weighted by Crippen LogP contribution is 2.34. The van der Waals surface area contributed by atoms with Crippen LogP contribution in [0.2, 0.25) is 0 Å². The summed E-state index contributed by atoms with van der Waals surface area (Å²) >= 11 is 0. The van der Waals surface area contributed by atoms with Crippen LogP contribution in [-0.4, -0.2) is 32.8 Å². The molecule has 1 saturated carbocycles. The van der Waals surface area contributed by atoms with Crippen LogP contribution in [-0.2, 0) is 6.54 Å². The van der Waals surface area contributed by atoms with Crippen LogP contribution in [0.25, 0.3) is 5.69 Å². The Kier molecular flexibility index (Phi) is 6.45. The zero-order valence-electron chi connectivity index (χ0n) is 20.3. The Morgan fingerprint density at radius 2 is 1.85 bits per heavy atom. The van der Waals surface area contributed by atoms with Crippen molar-refractivity contribution >= 4 is 6.03 Å². The average molecular weight is 447 g/mol. The maximum atomic E-state index is 13.2. The van der Waals surface area contributed by atoms with Crippen molar-refractivity contribution in [2.75, 3.05) is 6.54 Å². The summed E-state index contributed by atoms with van der Waals surface area (Å²) in [6.45, 7) is 11.2. The first-order chi connectivity index (χ1) is 15.7. The number of urea groups is 1. The van der Waals surface area contributed by atoms with Gasteiger partial charge in [0.2, 0.25) is 5.88 Å². The molecule has 1 heterocycles. The van der Waals surface area contributed by atoms with Crippen molar-refractivity contribution in [3.63, 3.8) is 0 Å². The molecule has 1 aromatic heterocycles. The smallest absolute Gasteiger partial charge is 0.318 e. The lowest BCUT2D eigenvalue weighted by Crippen LogP contribution is -2.48. The fourth-order valence-corrected chi connectivity index (χ4v) is 3.78. The minimum atomic E-state index is -0.303. The van der Waals surface area contributed by atoms with Gasteiger partial charge in [-0.15, -0.1) is 0 Å². The predicted molar refractivity (Wildman–Crippen MR) is 131 cm³/mol. The maximum absolute atomic E-state index is 13.2. The van der Waals surface area contributed by atoms with Gasteiger partial charge in [-0.1, -0.05) is 30.3 Å². The molecule has 174 valence electrons. The second-order valence-corrected chi connectivity index (χ2v) is 10.0. The number of carbonyl (C=O) groups is 1. The highest BCUT2D eigenvalue weighted by molar-refractivity contribution is 5.75. The van der Waals surface area contributed by atoms with Gasteiger partial charge in [-0.25, -0.2) is 9.48 Å². The zero-order valence-corrected chi connectivity index (χ0v) is 20.3. The molecule has 33 heavy (non-hydrogen) atoms. The summed E-state index contributed by atoms with van der Waals surface area (Å²) in [4.78, 5) is 15.1. The number of aromatic nitrogens is 2. The molecule has 1 aliphatic carbocycles. The standard InChI is InChI=1S/C27H34N4O2/c1-19-10-9-13-23(16-19)33-25-24(20(2)29-31(25)22-11-7-6-8-12-22)18-30(17-21-14-15-21)26(32)28-27(3,4)5/h6-13,16,21H,14-15,17-18H2,1-5H3,(H,28,32). The summed E-state index contributed by atoms with van der Waals surface area (Å²) in [5, 5.41) is 7.94.